The van der Waals surface area contributed by atoms with E-state index in [0.29, 0.717) is 11.0 Å². The molecule has 0 rings (SSSR count). The first-order valence-corrected chi connectivity index (χ1v) is 4.90. The van der Waals surface area contributed by atoms with Gasteiger partial charge in [-0.05, 0) is 0 Å². The van der Waals surface area contributed by atoms with Crippen LogP contribution in [0.2, 0.25) is 0 Å². The van der Waals surface area contributed by atoms with Gasteiger partial charge in [0.1, 0.15) is 12.6 Å². The van der Waals surface area contributed by atoms with Crippen LogP contribution in [0.15, 0.2) is 0 Å². The highest BCUT2D eigenvalue weighted by Gasteiger charge is 2.17. The molecule has 0 saturated heterocycles. The molecule has 0 saturated carbocycles. The van der Waals surface area contributed by atoms with Crippen LogP contribution in [-0.4, -0.2) is 60.1 Å². The molecular formula is C6H17NO5P+. The van der Waals surface area contributed by atoms with Crippen LogP contribution < -0.4 is 0 Å². The predicted molar refractivity (Wildman–Crippen MR) is 47.7 cm³/mol. The van der Waals surface area contributed by atoms with Gasteiger partial charge in [0, 0.05) is 0 Å². The molecule has 7 heteroatoms. The van der Waals surface area contributed by atoms with Crippen molar-refractivity contribution in [2.24, 2.45) is 0 Å². The van der Waals surface area contributed by atoms with E-state index in [4.69, 9.17) is 10.2 Å². The maximum absolute atomic E-state index is 9.35. The summed E-state index contributed by atoms with van der Waals surface area (Å²) in [5, 5.41) is 17.3. The first-order valence-electron chi connectivity index (χ1n) is 3.77. The second kappa shape index (κ2) is 5.82. The number of hydrogen-bond acceptors (Lipinski definition) is 5. The molecule has 0 amide bonds. The van der Waals surface area contributed by atoms with E-state index in [1.54, 1.807) is 0 Å². The van der Waals surface area contributed by atoms with Gasteiger partial charge in [0.05, 0.1) is 27.7 Å². The zero-order valence-electron chi connectivity index (χ0n) is 8.04. The average Bonchev–Trinajstić information content (AvgIpc) is 1.97. The maximum Gasteiger partial charge on any atom is 0.359 e. The van der Waals surface area contributed by atoms with Gasteiger partial charge in [-0.2, -0.15) is 4.67 Å². The quantitative estimate of drug-likeness (QED) is 0.246. The summed E-state index contributed by atoms with van der Waals surface area (Å²) in [4.78, 5) is 8.66. The number of nitrogens with zero attached hydrogens (tertiary/aromatic N) is 1. The first kappa shape index (κ1) is 13.2. The van der Waals surface area contributed by atoms with Crippen LogP contribution in [0.3, 0.4) is 0 Å². The Morgan fingerprint density at radius 1 is 1.38 bits per heavy atom. The number of aliphatic hydroxyl groups is 1. The largest absolute Gasteiger partial charge is 0.385 e. The SMILES string of the molecule is C[N+](C)(C)CC(O)COP(O)OO. The van der Waals surface area contributed by atoms with Crippen LogP contribution in [0.1, 0.15) is 0 Å². The standard InChI is InChI=1S/C6H16NO5P/c1-7(2,3)4-6(8)5-11-13(10)12-9/h6,8,10H,4-5H2,1-3H3/p+1. The molecular weight excluding hydrogens is 197 g/mol. The van der Waals surface area contributed by atoms with E-state index in [9.17, 15) is 5.11 Å². The molecule has 0 aromatic rings. The maximum atomic E-state index is 9.35. The molecule has 3 N–H and O–H groups in total. The minimum atomic E-state index is -2.26. The number of aliphatic hydroxyl groups excluding tert-OH is 1. The van der Waals surface area contributed by atoms with Crippen molar-refractivity contribution in [3.63, 3.8) is 0 Å². The summed E-state index contributed by atoms with van der Waals surface area (Å²) in [6.45, 7) is 0.437. The molecule has 0 bridgehead atoms. The number of hydrogen-bond donors (Lipinski definition) is 3. The van der Waals surface area contributed by atoms with Crippen molar-refractivity contribution in [2.75, 3.05) is 34.3 Å². The lowest BCUT2D eigenvalue weighted by atomic mass is 10.3. The van der Waals surface area contributed by atoms with Crippen LogP contribution in [-0.2, 0) is 9.20 Å². The van der Waals surface area contributed by atoms with Crippen LogP contribution in [0.4, 0.5) is 0 Å². The molecule has 0 spiro atoms. The molecule has 6 nitrogen and oxygen atoms in total. The summed E-state index contributed by atoms with van der Waals surface area (Å²) in [6, 6.07) is 0. The van der Waals surface area contributed by atoms with Gasteiger partial charge in [0.15, 0.2) is 0 Å². The summed E-state index contributed by atoms with van der Waals surface area (Å²) < 4.78 is 8.69. The molecule has 0 aromatic carbocycles. The second-order valence-electron chi connectivity index (χ2n) is 3.74. The third kappa shape index (κ3) is 8.52. The highest BCUT2D eigenvalue weighted by molar-refractivity contribution is 7.40. The van der Waals surface area contributed by atoms with Gasteiger partial charge < -0.3 is 19.0 Å². The zero-order valence-corrected chi connectivity index (χ0v) is 8.94. The van der Waals surface area contributed by atoms with Crippen LogP contribution in [0.5, 0.6) is 0 Å². The van der Waals surface area contributed by atoms with E-state index in [1.807, 2.05) is 21.1 Å². The summed E-state index contributed by atoms with van der Waals surface area (Å²) in [7, 11) is 3.51. The first-order chi connectivity index (χ1) is 5.85. The van der Waals surface area contributed by atoms with Crippen molar-refractivity contribution >= 4 is 8.60 Å². The summed E-state index contributed by atoms with van der Waals surface area (Å²) in [5.74, 6) is 0. The molecule has 2 atom stereocenters. The van der Waals surface area contributed by atoms with Gasteiger partial charge in [-0.15, -0.1) is 0 Å². The Hall–Kier alpha value is 0.190. The Morgan fingerprint density at radius 2 is 1.92 bits per heavy atom. The monoisotopic (exact) mass is 214 g/mol. The van der Waals surface area contributed by atoms with Crippen molar-refractivity contribution in [3.8, 4) is 0 Å². The molecule has 0 aliphatic rings. The molecule has 0 fully saturated rings. The Balaban J connectivity index is 3.57. The van der Waals surface area contributed by atoms with E-state index < -0.39 is 14.7 Å². The summed E-state index contributed by atoms with van der Waals surface area (Å²) in [6.07, 6.45) is -0.688. The lowest BCUT2D eigenvalue weighted by Gasteiger charge is -2.26. The summed E-state index contributed by atoms with van der Waals surface area (Å²) in [5.41, 5.74) is 0. The zero-order chi connectivity index (χ0) is 10.5. The highest BCUT2D eigenvalue weighted by Crippen LogP contribution is 2.30. The Morgan fingerprint density at radius 3 is 2.31 bits per heavy atom. The fraction of sp³-hybridized carbons (Fsp3) is 1.00. The van der Waals surface area contributed by atoms with Crippen molar-refractivity contribution in [1.82, 2.24) is 0 Å². The van der Waals surface area contributed by atoms with E-state index in [-0.39, 0.29) is 6.61 Å². The Kier molecular flexibility index (Phi) is 5.91. The number of quaternary nitrogens is 1. The van der Waals surface area contributed by atoms with Crippen molar-refractivity contribution in [1.29, 1.82) is 0 Å². The topological polar surface area (TPSA) is 79.2 Å². The van der Waals surface area contributed by atoms with E-state index in [2.05, 4.69) is 9.20 Å². The lowest BCUT2D eigenvalue weighted by molar-refractivity contribution is -0.873. The molecule has 0 aliphatic heterocycles. The van der Waals surface area contributed by atoms with E-state index >= 15 is 0 Å². The Bertz CT molecular complexity index is 139. The molecule has 0 heterocycles. The second-order valence-corrected chi connectivity index (χ2v) is 4.64. The third-order valence-corrected chi connectivity index (χ3v) is 1.72. The minimum Gasteiger partial charge on any atom is -0.385 e. The van der Waals surface area contributed by atoms with Crippen molar-refractivity contribution < 1.29 is 28.9 Å². The van der Waals surface area contributed by atoms with Gasteiger partial charge in [0.2, 0.25) is 0 Å². The smallest absolute Gasteiger partial charge is 0.359 e. The van der Waals surface area contributed by atoms with E-state index in [0.717, 1.165) is 0 Å². The molecule has 0 radical (unpaired) electrons. The fourth-order valence-corrected chi connectivity index (χ4v) is 1.21. The van der Waals surface area contributed by atoms with Crippen LogP contribution in [0.25, 0.3) is 0 Å². The van der Waals surface area contributed by atoms with Crippen molar-refractivity contribution in [2.45, 2.75) is 6.10 Å². The number of rotatable bonds is 6. The van der Waals surface area contributed by atoms with Crippen molar-refractivity contribution in [3.05, 3.63) is 0 Å². The fourth-order valence-electron chi connectivity index (χ4n) is 0.858. The molecule has 0 aromatic heterocycles. The number of likely N-dealkylation sites (N-methyl/N-ethyl adjacent to an activating group) is 1. The van der Waals surface area contributed by atoms with Gasteiger partial charge in [-0.3, -0.25) is 0 Å². The molecule has 0 aliphatic carbocycles. The predicted octanol–water partition coefficient (Wildman–Crippen LogP) is -0.221. The van der Waals surface area contributed by atoms with Crippen LogP contribution in [0, 0.1) is 0 Å². The van der Waals surface area contributed by atoms with E-state index in [1.165, 1.54) is 0 Å². The van der Waals surface area contributed by atoms with Gasteiger partial charge >= 0.3 is 8.60 Å². The van der Waals surface area contributed by atoms with Gasteiger partial charge in [-0.25, -0.2) is 5.26 Å². The van der Waals surface area contributed by atoms with Gasteiger partial charge in [0.25, 0.3) is 0 Å². The van der Waals surface area contributed by atoms with Crippen LogP contribution >= 0.6 is 8.60 Å². The normalized spacial score (nSPS) is 17.1. The Labute approximate surface area is 78.8 Å². The lowest BCUT2D eigenvalue weighted by Crippen LogP contribution is -2.42. The average molecular weight is 214 g/mol. The molecule has 2 unspecified atom stereocenters. The summed E-state index contributed by atoms with van der Waals surface area (Å²) >= 11 is 0. The van der Waals surface area contributed by atoms with Gasteiger partial charge in [-0.1, -0.05) is 0 Å². The minimum absolute atomic E-state index is 0.0573. The molecule has 13 heavy (non-hydrogen) atoms. The highest BCUT2D eigenvalue weighted by atomic mass is 31.2. The third-order valence-electron chi connectivity index (χ3n) is 1.21. The molecule has 80 valence electrons.